The highest BCUT2D eigenvalue weighted by Gasteiger charge is 2.07. The number of hydrogen-bond acceptors (Lipinski definition) is 3. The van der Waals surface area contributed by atoms with Gasteiger partial charge in [0.05, 0.1) is 0 Å². The van der Waals surface area contributed by atoms with E-state index >= 15 is 0 Å². The van der Waals surface area contributed by atoms with Crippen LogP contribution in [0.1, 0.15) is 23.6 Å². The lowest BCUT2D eigenvalue weighted by Gasteiger charge is -2.14. The fraction of sp³-hybridized carbons (Fsp3) is 0.294. The van der Waals surface area contributed by atoms with Crippen molar-refractivity contribution in [2.45, 2.75) is 27.0 Å². The van der Waals surface area contributed by atoms with Crippen LogP contribution in [0.5, 0.6) is 11.5 Å². The number of rotatable bonds is 6. The molecule has 2 N–H and O–H groups in total. The first-order valence-electron chi connectivity index (χ1n) is 6.90. The second-order valence-corrected chi connectivity index (χ2v) is 4.80. The standard InChI is InChI=1S/C17H21NO2/c1-3-18-11-15-6-4-5-13(2)17(15)20-12-14-7-9-16(19)10-8-14/h4-10,18-19H,3,11-12H2,1-2H3. The van der Waals surface area contributed by atoms with Crippen molar-refractivity contribution >= 4 is 0 Å². The minimum absolute atomic E-state index is 0.275. The number of aryl methyl sites for hydroxylation is 1. The lowest BCUT2D eigenvalue weighted by molar-refractivity contribution is 0.300. The average Bonchev–Trinajstić information content (AvgIpc) is 2.46. The van der Waals surface area contributed by atoms with Crippen LogP contribution in [0.4, 0.5) is 0 Å². The molecular formula is C17H21NO2. The van der Waals surface area contributed by atoms with Crippen LogP contribution in [-0.4, -0.2) is 11.7 Å². The van der Waals surface area contributed by atoms with Gasteiger partial charge in [0.1, 0.15) is 18.1 Å². The van der Waals surface area contributed by atoms with Gasteiger partial charge >= 0.3 is 0 Å². The van der Waals surface area contributed by atoms with Gasteiger partial charge in [-0.15, -0.1) is 0 Å². The Morgan fingerprint density at radius 1 is 1.10 bits per heavy atom. The highest BCUT2D eigenvalue weighted by atomic mass is 16.5. The molecule has 2 rings (SSSR count). The first kappa shape index (κ1) is 14.4. The van der Waals surface area contributed by atoms with E-state index in [0.717, 1.165) is 30.0 Å². The molecule has 0 aliphatic carbocycles. The maximum absolute atomic E-state index is 9.28. The molecule has 0 bridgehead atoms. The summed E-state index contributed by atoms with van der Waals surface area (Å²) in [6.07, 6.45) is 0. The van der Waals surface area contributed by atoms with Crippen molar-refractivity contribution in [1.82, 2.24) is 5.32 Å². The van der Waals surface area contributed by atoms with Gasteiger partial charge in [0.25, 0.3) is 0 Å². The second-order valence-electron chi connectivity index (χ2n) is 4.80. The third-order valence-electron chi connectivity index (χ3n) is 3.18. The Balaban J connectivity index is 2.09. The van der Waals surface area contributed by atoms with E-state index < -0.39 is 0 Å². The zero-order valence-corrected chi connectivity index (χ0v) is 12.0. The van der Waals surface area contributed by atoms with E-state index in [1.165, 1.54) is 5.56 Å². The number of para-hydroxylation sites is 1. The Hall–Kier alpha value is -2.00. The molecule has 2 aromatic rings. The molecule has 0 atom stereocenters. The number of phenolic OH excluding ortho intramolecular Hbond substituents is 1. The first-order chi connectivity index (χ1) is 9.70. The predicted octanol–water partition coefficient (Wildman–Crippen LogP) is 3.39. The fourth-order valence-corrected chi connectivity index (χ4v) is 2.07. The topological polar surface area (TPSA) is 41.5 Å². The normalized spacial score (nSPS) is 10.5. The van der Waals surface area contributed by atoms with E-state index in [1.54, 1.807) is 12.1 Å². The van der Waals surface area contributed by atoms with E-state index in [4.69, 9.17) is 4.74 Å². The van der Waals surface area contributed by atoms with E-state index in [2.05, 4.69) is 37.4 Å². The van der Waals surface area contributed by atoms with Crippen LogP contribution in [0.25, 0.3) is 0 Å². The van der Waals surface area contributed by atoms with Crippen molar-refractivity contribution in [3.05, 3.63) is 59.2 Å². The van der Waals surface area contributed by atoms with Crippen LogP contribution < -0.4 is 10.1 Å². The number of aromatic hydroxyl groups is 1. The van der Waals surface area contributed by atoms with Gasteiger partial charge in [0.2, 0.25) is 0 Å². The Morgan fingerprint density at radius 2 is 1.85 bits per heavy atom. The largest absolute Gasteiger partial charge is 0.508 e. The van der Waals surface area contributed by atoms with Crippen LogP contribution in [0.3, 0.4) is 0 Å². The summed E-state index contributed by atoms with van der Waals surface area (Å²) in [7, 11) is 0. The summed E-state index contributed by atoms with van der Waals surface area (Å²) in [5, 5.41) is 12.6. The molecule has 0 amide bonds. The van der Waals surface area contributed by atoms with Gasteiger partial charge in [-0.3, -0.25) is 0 Å². The highest BCUT2D eigenvalue weighted by Crippen LogP contribution is 2.24. The maximum atomic E-state index is 9.28. The first-order valence-corrected chi connectivity index (χ1v) is 6.90. The third kappa shape index (κ3) is 3.75. The van der Waals surface area contributed by atoms with E-state index in [0.29, 0.717) is 6.61 Å². The van der Waals surface area contributed by atoms with Gasteiger partial charge in [-0.1, -0.05) is 37.3 Å². The Labute approximate surface area is 120 Å². The van der Waals surface area contributed by atoms with Gasteiger partial charge in [-0.05, 0) is 36.7 Å². The van der Waals surface area contributed by atoms with Gasteiger partial charge in [0, 0.05) is 12.1 Å². The molecular weight excluding hydrogens is 250 g/mol. The molecule has 0 aromatic heterocycles. The van der Waals surface area contributed by atoms with Crippen LogP contribution in [0.2, 0.25) is 0 Å². The summed E-state index contributed by atoms with van der Waals surface area (Å²) in [5.41, 5.74) is 3.35. The van der Waals surface area contributed by atoms with Gasteiger partial charge in [0.15, 0.2) is 0 Å². The summed E-state index contributed by atoms with van der Waals surface area (Å²) in [6, 6.07) is 13.3. The number of benzene rings is 2. The monoisotopic (exact) mass is 271 g/mol. The number of hydrogen-bond donors (Lipinski definition) is 2. The van der Waals surface area contributed by atoms with Crippen molar-refractivity contribution < 1.29 is 9.84 Å². The number of nitrogens with one attached hydrogen (secondary N) is 1. The zero-order chi connectivity index (χ0) is 14.4. The molecule has 0 saturated heterocycles. The molecule has 20 heavy (non-hydrogen) atoms. The number of phenols is 1. The molecule has 0 spiro atoms. The SMILES string of the molecule is CCNCc1cccc(C)c1OCc1ccc(O)cc1. The van der Waals surface area contributed by atoms with Gasteiger partial charge < -0.3 is 15.2 Å². The molecule has 0 radical (unpaired) electrons. The fourth-order valence-electron chi connectivity index (χ4n) is 2.07. The molecule has 0 fully saturated rings. The molecule has 0 unspecified atom stereocenters. The lowest BCUT2D eigenvalue weighted by atomic mass is 10.1. The van der Waals surface area contributed by atoms with Crippen LogP contribution >= 0.6 is 0 Å². The summed E-state index contributed by atoms with van der Waals surface area (Å²) in [5.74, 6) is 1.22. The van der Waals surface area contributed by atoms with Crippen molar-refractivity contribution in [1.29, 1.82) is 0 Å². The summed E-state index contributed by atoms with van der Waals surface area (Å²) in [6.45, 7) is 6.40. The molecule has 0 saturated carbocycles. The molecule has 106 valence electrons. The van der Waals surface area contributed by atoms with E-state index in [9.17, 15) is 5.11 Å². The smallest absolute Gasteiger partial charge is 0.127 e. The molecule has 2 aromatic carbocycles. The van der Waals surface area contributed by atoms with Gasteiger partial charge in [-0.2, -0.15) is 0 Å². The van der Waals surface area contributed by atoms with E-state index in [-0.39, 0.29) is 5.75 Å². The molecule has 3 nitrogen and oxygen atoms in total. The second kappa shape index (κ2) is 6.96. The summed E-state index contributed by atoms with van der Waals surface area (Å²) in [4.78, 5) is 0. The zero-order valence-electron chi connectivity index (χ0n) is 12.0. The molecule has 3 heteroatoms. The third-order valence-corrected chi connectivity index (χ3v) is 3.18. The van der Waals surface area contributed by atoms with E-state index in [1.807, 2.05) is 12.1 Å². The van der Waals surface area contributed by atoms with Crippen LogP contribution in [0.15, 0.2) is 42.5 Å². The highest BCUT2D eigenvalue weighted by molar-refractivity contribution is 5.41. The van der Waals surface area contributed by atoms with Crippen LogP contribution in [-0.2, 0) is 13.2 Å². The minimum Gasteiger partial charge on any atom is -0.508 e. The number of ether oxygens (including phenoxy) is 1. The lowest BCUT2D eigenvalue weighted by Crippen LogP contribution is -2.13. The maximum Gasteiger partial charge on any atom is 0.127 e. The average molecular weight is 271 g/mol. The molecule has 0 aliphatic rings. The molecule has 0 aliphatic heterocycles. The Kier molecular flexibility index (Phi) is 5.02. The van der Waals surface area contributed by atoms with Crippen molar-refractivity contribution in [3.8, 4) is 11.5 Å². The predicted molar refractivity (Wildman–Crippen MR) is 81.0 cm³/mol. The van der Waals surface area contributed by atoms with Crippen molar-refractivity contribution in [2.75, 3.05) is 6.54 Å². The van der Waals surface area contributed by atoms with Crippen molar-refractivity contribution in [2.24, 2.45) is 0 Å². The minimum atomic E-state index is 0.275. The van der Waals surface area contributed by atoms with Crippen molar-refractivity contribution in [3.63, 3.8) is 0 Å². The quantitative estimate of drug-likeness (QED) is 0.846. The summed E-state index contributed by atoms with van der Waals surface area (Å²) >= 11 is 0. The Bertz CT molecular complexity index is 549. The summed E-state index contributed by atoms with van der Waals surface area (Å²) < 4.78 is 5.97. The van der Waals surface area contributed by atoms with Gasteiger partial charge in [-0.25, -0.2) is 0 Å². The molecule has 0 heterocycles. The Morgan fingerprint density at radius 3 is 2.55 bits per heavy atom. The van der Waals surface area contributed by atoms with Crippen LogP contribution in [0, 0.1) is 6.92 Å².